The van der Waals surface area contributed by atoms with E-state index in [1.165, 1.54) is 11.8 Å². The molecule has 0 spiro atoms. The van der Waals surface area contributed by atoms with E-state index in [2.05, 4.69) is 9.97 Å². The molecule has 0 amide bonds. The van der Waals surface area contributed by atoms with Crippen molar-refractivity contribution in [3.8, 4) is 11.5 Å². The summed E-state index contributed by atoms with van der Waals surface area (Å²) < 4.78 is 10.4. The number of nitrogens with zero attached hydrogens (tertiary/aromatic N) is 2. The number of benzene rings is 1. The minimum Gasteiger partial charge on any atom is -0.493 e. The van der Waals surface area contributed by atoms with E-state index < -0.39 is 0 Å². The number of rotatable bonds is 3. The summed E-state index contributed by atoms with van der Waals surface area (Å²) in [6.07, 6.45) is 1.91. The molecule has 0 aliphatic heterocycles. The van der Waals surface area contributed by atoms with Crippen molar-refractivity contribution in [2.75, 3.05) is 20.5 Å². The summed E-state index contributed by atoms with van der Waals surface area (Å²) >= 11 is 7.46. The summed E-state index contributed by atoms with van der Waals surface area (Å²) in [6.45, 7) is 0. The molecule has 1 heterocycles. The van der Waals surface area contributed by atoms with Crippen molar-refractivity contribution < 1.29 is 9.47 Å². The minimum absolute atomic E-state index is 0.400. The van der Waals surface area contributed by atoms with E-state index in [-0.39, 0.29) is 0 Å². The van der Waals surface area contributed by atoms with Crippen LogP contribution in [0.15, 0.2) is 17.2 Å². The lowest BCUT2D eigenvalue weighted by atomic mass is 10.2. The Morgan fingerprint density at radius 2 is 1.59 bits per heavy atom. The number of thioether (sulfide) groups is 1. The highest BCUT2D eigenvalue weighted by Gasteiger charge is 2.11. The van der Waals surface area contributed by atoms with Gasteiger partial charge in [-0.15, -0.1) is 11.8 Å². The van der Waals surface area contributed by atoms with Crippen molar-refractivity contribution in [3.05, 3.63) is 17.3 Å². The molecular weight excluding hydrogens is 260 g/mol. The largest absolute Gasteiger partial charge is 0.493 e. The predicted octanol–water partition coefficient (Wildman–Crippen LogP) is 3.02. The van der Waals surface area contributed by atoms with Gasteiger partial charge in [0.2, 0.25) is 0 Å². The Morgan fingerprint density at radius 3 is 2.06 bits per heavy atom. The summed E-state index contributed by atoms with van der Waals surface area (Å²) in [7, 11) is 3.16. The predicted molar refractivity (Wildman–Crippen MR) is 69.4 cm³/mol. The molecule has 0 radical (unpaired) electrons. The Labute approximate surface area is 108 Å². The van der Waals surface area contributed by atoms with Crippen LogP contribution in [0.5, 0.6) is 11.5 Å². The molecule has 4 nitrogen and oxygen atoms in total. The normalized spacial score (nSPS) is 10.6. The van der Waals surface area contributed by atoms with Crippen molar-refractivity contribution >= 4 is 34.4 Å². The molecule has 90 valence electrons. The maximum atomic E-state index is 6.01. The Kier molecular flexibility index (Phi) is 3.59. The zero-order valence-corrected chi connectivity index (χ0v) is 11.2. The molecule has 0 aliphatic rings. The van der Waals surface area contributed by atoms with Crippen LogP contribution in [-0.2, 0) is 0 Å². The lowest BCUT2D eigenvalue weighted by Crippen LogP contribution is -1.94. The van der Waals surface area contributed by atoms with Crippen molar-refractivity contribution in [3.63, 3.8) is 0 Å². The summed E-state index contributed by atoms with van der Waals surface area (Å²) in [5.41, 5.74) is 1.42. The van der Waals surface area contributed by atoms with Crippen LogP contribution < -0.4 is 9.47 Å². The molecule has 6 heteroatoms. The Balaban J connectivity index is 2.70. The molecule has 0 saturated heterocycles. The van der Waals surface area contributed by atoms with Gasteiger partial charge in [0.05, 0.1) is 25.3 Å². The van der Waals surface area contributed by atoms with Crippen LogP contribution in [0.3, 0.4) is 0 Å². The van der Waals surface area contributed by atoms with Crippen LogP contribution >= 0.6 is 23.4 Å². The average Bonchev–Trinajstić information content (AvgIpc) is 2.36. The molecule has 2 aromatic rings. The number of hydrogen-bond acceptors (Lipinski definition) is 5. The number of methoxy groups -OCH3 is 2. The van der Waals surface area contributed by atoms with E-state index in [4.69, 9.17) is 21.1 Å². The zero-order chi connectivity index (χ0) is 12.4. The molecule has 17 heavy (non-hydrogen) atoms. The number of ether oxygens (including phenoxy) is 2. The van der Waals surface area contributed by atoms with Gasteiger partial charge in [0.1, 0.15) is 5.03 Å². The van der Waals surface area contributed by atoms with Gasteiger partial charge in [0.25, 0.3) is 0 Å². The Hall–Kier alpha value is -1.20. The van der Waals surface area contributed by atoms with Crippen molar-refractivity contribution in [1.29, 1.82) is 0 Å². The first-order valence-corrected chi connectivity index (χ1v) is 6.43. The third kappa shape index (κ3) is 2.25. The molecule has 1 aromatic heterocycles. The SMILES string of the molecule is COc1cc2nc(Cl)c(SC)nc2cc1OC. The first-order valence-electron chi connectivity index (χ1n) is 4.83. The van der Waals surface area contributed by atoms with Gasteiger partial charge in [0.15, 0.2) is 16.7 Å². The molecule has 0 saturated carbocycles. The van der Waals surface area contributed by atoms with E-state index in [1.807, 2.05) is 6.26 Å². The van der Waals surface area contributed by atoms with Crippen LogP contribution in [0, 0.1) is 0 Å². The van der Waals surface area contributed by atoms with Gasteiger partial charge < -0.3 is 9.47 Å². The second kappa shape index (κ2) is 4.98. The highest BCUT2D eigenvalue weighted by atomic mass is 35.5. The first kappa shape index (κ1) is 12.3. The van der Waals surface area contributed by atoms with Crippen molar-refractivity contribution in [1.82, 2.24) is 9.97 Å². The standard InChI is InChI=1S/C11H11ClN2O2S/c1-15-8-4-6-7(5-9(8)16-2)14-11(17-3)10(12)13-6/h4-5H,1-3H3. The van der Waals surface area contributed by atoms with Gasteiger partial charge >= 0.3 is 0 Å². The van der Waals surface area contributed by atoms with Crippen LogP contribution in [0.25, 0.3) is 11.0 Å². The molecule has 2 rings (SSSR count). The van der Waals surface area contributed by atoms with Crippen molar-refractivity contribution in [2.24, 2.45) is 0 Å². The third-order valence-corrected chi connectivity index (χ3v) is 3.34. The highest BCUT2D eigenvalue weighted by Crippen LogP contribution is 2.32. The third-order valence-electron chi connectivity index (χ3n) is 2.29. The van der Waals surface area contributed by atoms with Crippen LogP contribution in [-0.4, -0.2) is 30.4 Å². The molecule has 1 aromatic carbocycles. The average molecular weight is 271 g/mol. The van der Waals surface area contributed by atoms with Gasteiger partial charge in [-0.1, -0.05) is 11.6 Å². The van der Waals surface area contributed by atoms with E-state index in [0.717, 1.165) is 5.52 Å². The topological polar surface area (TPSA) is 44.2 Å². The maximum Gasteiger partial charge on any atom is 0.163 e. The van der Waals surface area contributed by atoms with Crippen molar-refractivity contribution in [2.45, 2.75) is 5.03 Å². The lowest BCUT2D eigenvalue weighted by molar-refractivity contribution is 0.355. The van der Waals surface area contributed by atoms with Crippen LogP contribution in [0.4, 0.5) is 0 Å². The fraction of sp³-hybridized carbons (Fsp3) is 0.273. The summed E-state index contributed by atoms with van der Waals surface area (Å²) in [5, 5.41) is 1.10. The number of hydrogen-bond donors (Lipinski definition) is 0. The van der Waals surface area contributed by atoms with Crippen LogP contribution in [0.2, 0.25) is 5.15 Å². The summed E-state index contributed by atoms with van der Waals surface area (Å²) in [4.78, 5) is 8.69. The van der Waals surface area contributed by atoms with E-state index in [1.54, 1.807) is 26.4 Å². The quantitative estimate of drug-likeness (QED) is 0.802. The van der Waals surface area contributed by atoms with E-state index in [0.29, 0.717) is 27.2 Å². The molecule has 0 N–H and O–H groups in total. The molecule has 0 fully saturated rings. The lowest BCUT2D eigenvalue weighted by Gasteiger charge is -2.09. The number of fused-ring (bicyclic) bond motifs is 1. The molecule has 0 bridgehead atoms. The summed E-state index contributed by atoms with van der Waals surface area (Å²) in [5.74, 6) is 1.24. The van der Waals surface area contributed by atoms with Gasteiger partial charge in [-0.2, -0.15) is 0 Å². The molecular formula is C11H11ClN2O2S. The van der Waals surface area contributed by atoms with Gasteiger partial charge in [-0.25, -0.2) is 9.97 Å². The van der Waals surface area contributed by atoms with Gasteiger partial charge in [0, 0.05) is 12.1 Å². The highest BCUT2D eigenvalue weighted by molar-refractivity contribution is 7.98. The second-order valence-corrected chi connectivity index (χ2v) is 4.37. The van der Waals surface area contributed by atoms with E-state index >= 15 is 0 Å². The Morgan fingerprint density at radius 1 is 1.06 bits per heavy atom. The summed E-state index contributed by atoms with van der Waals surface area (Å²) in [6, 6.07) is 3.55. The fourth-order valence-corrected chi connectivity index (χ4v) is 2.24. The fourth-order valence-electron chi connectivity index (χ4n) is 1.48. The van der Waals surface area contributed by atoms with Gasteiger partial charge in [-0.3, -0.25) is 0 Å². The zero-order valence-electron chi connectivity index (χ0n) is 9.65. The number of halogens is 1. The minimum atomic E-state index is 0.400. The van der Waals surface area contributed by atoms with Crippen LogP contribution in [0.1, 0.15) is 0 Å². The monoisotopic (exact) mass is 270 g/mol. The van der Waals surface area contributed by atoms with Gasteiger partial charge in [-0.05, 0) is 6.26 Å². The molecule has 0 aliphatic carbocycles. The maximum absolute atomic E-state index is 6.01. The molecule has 0 unspecified atom stereocenters. The first-order chi connectivity index (χ1) is 8.19. The Bertz CT molecular complexity index is 563. The number of aromatic nitrogens is 2. The van der Waals surface area contributed by atoms with E-state index in [9.17, 15) is 0 Å². The smallest absolute Gasteiger partial charge is 0.163 e. The molecule has 0 atom stereocenters. The second-order valence-electron chi connectivity index (χ2n) is 3.22.